The first-order valence-electron chi connectivity index (χ1n) is 9.18. The molecule has 0 atom stereocenters. The van der Waals surface area contributed by atoms with Crippen molar-refractivity contribution in [3.05, 3.63) is 54.1 Å². The Hall–Kier alpha value is -3.56. The van der Waals surface area contributed by atoms with Crippen molar-refractivity contribution in [1.82, 2.24) is 29.9 Å². The highest BCUT2D eigenvalue weighted by Crippen LogP contribution is 2.36. The Labute approximate surface area is 170 Å². The quantitative estimate of drug-likeness (QED) is 0.522. The minimum Gasteiger partial charge on any atom is -0.323 e. The summed E-state index contributed by atoms with van der Waals surface area (Å²) < 4.78 is 41.1. The molecule has 0 spiro atoms. The van der Waals surface area contributed by atoms with Crippen LogP contribution in [0.25, 0.3) is 22.2 Å². The van der Waals surface area contributed by atoms with E-state index in [0.717, 1.165) is 10.2 Å². The summed E-state index contributed by atoms with van der Waals surface area (Å²) in [4.78, 5) is 8.73. The van der Waals surface area contributed by atoms with Crippen LogP contribution in [0.5, 0.6) is 0 Å². The fourth-order valence-electron chi connectivity index (χ4n) is 3.02. The number of nitrogens with one attached hydrogen (secondary N) is 1. The predicted molar refractivity (Wildman–Crippen MR) is 106 cm³/mol. The maximum absolute atomic E-state index is 13.3. The van der Waals surface area contributed by atoms with Gasteiger partial charge in [-0.2, -0.15) is 23.4 Å². The lowest BCUT2D eigenvalue weighted by Crippen LogP contribution is -2.08. The Bertz CT molecular complexity index is 1210. The van der Waals surface area contributed by atoms with Gasteiger partial charge in [0.1, 0.15) is 5.82 Å². The molecule has 0 fully saturated rings. The van der Waals surface area contributed by atoms with Gasteiger partial charge in [0.15, 0.2) is 11.5 Å². The number of pyridine rings is 2. The van der Waals surface area contributed by atoms with Crippen LogP contribution in [0.2, 0.25) is 0 Å². The first-order chi connectivity index (χ1) is 14.2. The van der Waals surface area contributed by atoms with Gasteiger partial charge in [-0.3, -0.25) is 9.67 Å². The van der Waals surface area contributed by atoms with Crippen LogP contribution in [-0.4, -0.2) is 29.9 Å². The highest BCUT2D eigenvalue weighted by Gasteiger charge is 2.37. The Morgan fingerprint density at radius 3 is 2.57 bits per heavy atom. The van der Waals surface area contributed by atoms with Crippen molar-refractivity contribution >= 4 is 22.7 Å². The second kappa shape index (κ2) is 7.36. The fraction of sp³-hybridized carbons (Fsp3) is 0.250. The van der Waals surface area contributed by atoms with Gasteiger partial charge in [0.05, 0.1) is 17.2 Å². The number of nitrogens with zero attached hydrogens (tertiary/aromatic N) is 6. The molecule has 4 heterocycles. The van der Waals surface area contributed by atoms with E-state index in [1.807, 2.05) is 6.07 Å². The largest absolute Gasteiger partial charge is 0.435 e. The molecule has 10 heteroatoms. The highest BCUT2D eigenvalue weighted by molar-refractivity contribution is 5.82. The minimum absolute atomic E-state index is 0.0462. The normalized spacial score (nSPS) is 12.0. The van der Waals surface area contributed by atoms with E-state index in [-0.39, 0.29) is 11.1 Å². The monoisotopic (exact) mass is 413 g/mol. The molecule has 4 aromatic rings. The molecule has 0 bridgehead atoms. The Morgan fingerprint density at radius 1 is 1.03 bits per heavy atom. The first-order valence-corrected chi connectivity index (χ1v) is 9.18. The molecule has 4 rings (SSSR count). The summed E-state index contributed by atoms with van der Waals surface area (Å²) in [6.07, 6.45) is -0.157. The third kappa shape index (κ3) is 3.93. The number of hydrogen-bond donors (Lipinski definition) is 1. The summed E-state index contributed by atoms with van der Waals surface area (Å²) in [5, 5.41) is 14.7. The lowest BCUT2D eigenvalue weighted by molar-refractivity contribution is -0.140. The van der Waals surface area contributed by atoms with Crippen molar-refractivity contribution in [2.75, 3.05) is 5.32 Å². The fourth-order valence-corrected chi connectivity index (χ4v) is 3.02. The third-order valence-electron chi connectivity index (χ3n) is 4.54. The van der Waals surface area contributed by atoms with E-state index >= 15 is 0 Å². The molecular weight excluding hydrogens is 395 g/mol. The SMILES string of the molecule is CC(C)c1cnnc(Nc2ccc3ncc(-c4cn(C)nc4C(F)(F)F)cc3n2)c1. The van der Waals surface area contributed by atoms with E-state index in [1.54, 1.807) is 24.4 Å². The average molecular weight is 413 g/mol. The smallest absolute Gasteiger partial charge is 0.323 e. The third-order valence-corrected chi connectivity index (χ3v) is 4.54. The van der Waals surface area contributed by atoms with Crippen LogP contribution in [-0.2, 0) is 13.2 Å². The predicted octanol–water partition coefficient (Wildman–Crippen LogP) is 4.71. The molecule has 30 heavy (non-hydrogen) atoms. The van der Waals surface area contributed by atoms with E-state index < -0.39 is 11.9 Å². The van der Waals surface area contributed by atoms with Gasteiger partial charge in [-0.05, 0) is 35.7 Å². The van der Waals surface area contributed by atoms with Crippen LogP contribution in [0.3, 0.4) is 0 Å². The summed E-state index contributed by atoms with van der Waals surface area (Å²) in [5.74, 6) is 1.31. The maximum Gasteiger partial charge on any atom is 0.435 e. The van der Waals surface area contributed by atoms with E-state index in [9.17, 15) is 13.2 Å². The van der Waals surface area contributed by atoms with Crippen LogP contribution >= 0.6 is 0 Å². The zero-order valence-electron chi connectivity index (χ0n) is 16.4. The molecule has 0 saturated carbocycles. The van der Waals surface area contributed by atoms with Crippen molar-refractivity contribution in [2.24, 2.45) is 7.05 Å². The number of hydrogen-bond acceptors (Lipinski definition) is 6. The van der Waals surface area contributed by atoms with Crippen molar-refractivity contribution < 1.29 is 13.2 Å². The number of fused-ring (bicyclic) bond motifs is 1. The Kier molecular flexibility index (Phi) is 4.84. The lowest BCUT2D eigenvalue weighted by atomic mass is 10.1. The van der Waals surface area contributed by atoms with Gasteiger partial charge in [0.25, 0.3) is 0 Å². The molecular formula is C20H18F3N7. The molecule has 154 valence electrons. The van der Waals surface area contributed by atoms with Crippen LogP contribution in [0.1, 0.15) is 31.0 Å². The molecule has 0 radical (unpaired) electrons. The number of anilines is 2. The van der Waals surface area contributed by atoms with Crippen LogP contribution < -0.4 is 5.32 Å². The number of aryl methyl sites for hydroxylation is 1. The standard InChI is InChI=1S/C20H18F3N7/c1-11(2)12-7-18(28-25-9-12)27-17-5-4-15-16(26-17)6-13(8-24-15)14-10-30(3)29-19(14)20(21,22)23/h4-11H,1-3H3,(H,26,27,28). The van der Waals surface area contributed by atoms with Crippen LogP contribution in [0, 0.1) is 0 Å². The summed E-state index contributed by atoms with van der Waals surface area (Å²) in [7, 11) is 1.44. The molecule has 0 aliphatic carbocycles. The molecule has 0 aromatic carbocycles. The molecule has 0 aliphatic heterocycles. The summed E-state index contributed by atoms with van der Waals surface area (Å²) in [5.41, 5.74) is 1.31. The molecule has 0 aliphatic rings. The summed E-state index contributed by atoms with van der Waals surface area (Å²) in [6, 6.07) is 6.91. The number of rotatable bonds is 4. The van der Waals surface area contributed by atoms with Gasteiger partial charge in [-0.25, -0.2) is 4.98 Å². The summed E-state index contributed by atoms with van der Waals surface area (Å²) in [6.45, 7) is 4.10. The lowest BCUT2D eigenvalue weighted by Gasteiger charge is -2.09. The van der Waals surface area contributed by atoms with Crippen molar-refractivity contribution in [1.29, 1.82) is 0 Å². The Morgan fingerprint density at radius 2 is 1.83 bits per heavy atom. The van der Waals surface area contributed by atoms with Gasteiger partial charge in [0.2, 0.25) is 0 Å². The van der Waals surface area contributed by atoms with Gasteiger partial charge in [-0.15, -0.1) is 5.10 Å². The second-order valence-corrected chi connectivity index (χ2v) is 7.18. The average Bonchev–Trinajstić information content (AvgIpc) is 3.10. The van der Waals surface area contributed by atoms with Gasteiger partial charge < -0.3 is 5.32 Å². The zero-order chi connectivity index (χ0) is 21.5. The number of alkyl halides is 3. The molecule has 0 saturated heterocycles. The number of halogens is 3. The molecule has 4 aromatic heterocycles. The van der Waals surface area contributed by atoms with Gasteiger partial charge in [0, 0.05) is 30.6 Å². The van der Waals surface area contributed by atoms with Crippen LogP contribution in [0.4, 0.5) is 24.8 Å². The maximum atomic E-state index is 13.3. The van der Waals surface area contributed by atoms with Crippen molar-refractivity contribution in [3.63, 3.8) is 0 Å². The molecule has 0 unspecified atom stereocenters. The molecule has 1 N–H and O–H groups in total. The molecule has 0 amide bonds. The summed E-state index contributed by atoms with van der Waals surface area (Å²) >= 11 is 0. The minimum atomic E-state index is -4.57. The number of aromatic nitrogens is 6. The van der Waals surface area contributed by atoms with E-state index in [0.29, 0.717) is 28.6 Å². The van der Waals surface area contributed by atoms with E-state index in [2.05, 4.69) is 44.4 Å². The first kappa shape index (κ1) is 19.7. The highest BCUT2D eigenvalue weighted by atomic mass is 19.4. The topological polar surface area (TPSA) is 81.4 Å². The van der Waals surface area contributed by atoms with E-state index in [1.165, 1.54) is 19.4 Å². The van der Waals surface area contributed by atoms with Crippen molar-refractivity contribution in [3.8, 4) is 11.1 Å². The van der Waals surface area contributed by atoms with Crippen molar-refractivity contribution in [2.45, 2.75) is 25.9 Å². The molecule has 7 nitrogen and oxygen atoms in total. The van der Waals surface area contributed by atoms with E-state index in [4.69, 9.17) is 0 Å². The van der Waals surface area contributed by atoms with Gasteiger partial charge in [-0.1, -0.05) is 13.8 Å². The zero-order valence-corrected chi connectivity index (χ0v) is 16.4. The Balaban J connectivity index is 1.71. The van der Waals surface area contributed by atoms with Gasteiger partial charge >= 0.3 is 6.18 Å². The second-order valence-electron chi connectivity index (χ2n) is 7.18. The van der Waals surface area contributed by atoms with Crippen LogP contribution in [0.15, 0.2) is 42.9 Å².